The van der Waals surface area contributed by atoms with Gasteiger partial charge in [0.15, 0.2) is 0 Å². The zero-order valence-electron chi connectivity index (χ0n) is 18.2. The van der Waals surface area contributed by atoms with Crippen molar-refractivity contribution < 1.29 is 24.2 Å². The Bertz CT molecular complexity index is 1270. The van der Waals surface area contributed by atoms with Crippen molar-refractivity contribution in [2.24, 2.45) is 23.7 Å². The molecule has 0 N–H and O–H groups in total. The van der Waals surface area contributed by atoms with Gasteiger partial charge < -0.3 is 0 Å². The summed E-state index contributed by atoms with van der Waals surface area (Å²) >= 11 is 5.91. The van der Waals surface area contributed by atoms with Crippen molar-refractivity contribution in [3.8, 4) is 0 Å². The topological polar surface area (TPSA) is 144 Å². The molecule has 3 fully saturated rings. The number of benzene rings is 2. The number of fused-ring (bicyclic) bond motifs is 5. The fourth-order valence-electron chi connectivity index (χ4n) is 5.77. The van der Waals surface area contributed by atoms with Gasteiger partial charge in [0.25, 0.3) is 29.1 Å². The van der Waals surface area contributed by atoms with E-state index in [1.54, 1.807) is 0 Å². The second-order valence-corrected chi connectivity index (χ2v) is 9.51. The Kier molecular flexibility index (Phi) is 5.51. The molecule has 3 amide bonds. The Morgan fingerprint density at radius 1 is 1.00 bits per heavy atom. The smallest absolute Gasteiger partial charge is 0.272 e. The molecule has 180 valence electrons. The largest absolute Gasteiger partial charge is 0.275 e. The highest BCUT2D eigenvalue weighted by Crippen LogP contribution is 2.56. The van der Waals surface area contributed by atoms with E-state index in [2.05, 4.69) is 0 Å². The van der Waals surface area contributed by atoms with Crippen molar-refractivity contribution in [1.82, 2.24) is 10.0 Å². The molecule has 2 aromatic rings. The minimum absolute atomic E-state index is 0.0545. The van der Waals surface area contributed by atoms with Crippen LogP contribution in [0.2, 0.25) is 5.02 Å². The second kappa shape index (κ2) is 8.42. The number of hydrogen-bond donors (Lipinski definition) is 0. The van der Waals surface area contributed by atoms with Crippen LogP contribution < -0.4 is 0 Å². The predicted octanol–water partition coefficient (Wildman–Crippen LogP) is 3.74. The Balaban J connectivity index is 1.58. The molecule has 3 aliphatic rings. The predicted molar refractivity (Wildman–Crippen MR) is 121 cm³/mol. The van der Waals surface area contributed by atoms with Crippen molar-refractivity contribution >= 4 is 40.7 Å². The molecule has 12 heteroatoms. The molecule has 0 radical (unpaired) electrons. The van der Waals surface area contributed by atoms with Crippen LogP contribution >= 0.6 is 11.6 Å². The molecule has 2 bridgehead atoms. The van der Waals surface area contributed by atoms with Crippen LogP contribution in [0, 0.1) is 43.9 Å². The normalized spacial score (nSPS) is 24.5. The van der Waals surface area contributed by atoms with E-state index in [0.29, 0.717) is 0 Å². The lowest BCUT2D eigenvalue weighted by molar-refractivity contribution is -0.385. The van der Waals surface area contributed by atoms with E-state index < -0.39 is 45.9 Å². The van der Waals surface area contributed by atoms with Crippen LogP contribution in [0.1, 0.15) is 35.2 Å². The number of halogens is 1. The fraction of sp³-hybridized carbons (Fsp3) is 0.348. The lowest BCUT2D eigenvalue weighted by Crippen LogP contribution is -2.50. The second-order valence-electron chi connectivity index (χ2n) is 9.07. The van der Waals surface area contributed by atoms with E-state index in [1.165, 1.54) is 30.3 Å². The summed E-state index contributed by atoms with van der Waals surface area (Å²) in [7, 11) is 0. The summed E-state index contributed by atoms with van der Waals surface area (Å²) in [5.74, 6) is -2.81. The van der Waals surface area contributed by atoms with Crippen molar-refractivity contribution in [3.63, 3.8) is 0 Å². The van der Waals surface area contributed by atoms with Crippen LogP contribution in [-0.2, 0) is 16.1 Å². The third-order valence-corrected chi connectivity index (χ3v) is 7.48. The summed E-state index contributed by atoms with van der Waals surface area (Å²) in [5, 5.41) is 24.7. The van der Waals surface area contributed by atoms with Crippen molar-refractivity contribution in [3.05, 3.63) is 78.8 Å². The van der Waals surface area contributed by atoms with Gasteiger partial charge >= 0.3 is 0 Å². The molecule has 2 aromatic carbocycles. The molecule has 1 saturated heterocycles. The summed E-state index contributed by atoms with van der Waals surface area (Å²) in [4.78, 5) is 62.1. The van der Waals surface area contributed by atoms with E-state index in [9.17, 15) is 34.6 Å². The molecule has 4 atom stereocenters. The molecule has 5 rings (SSSR count). The molecule has 35 heavy (non-hydrogen) atoms. The number of imide groups is 1. The maximum Gasteiger partial charge on any atom is 0.275 e. The molecular weight excluding hydrogens is 480 g/mol. The summed E-state index contributed by atoms with van der Waals surface area (Å²) in [6.07, 6.45) is 2.46. The SMILES string of the molecule is O=C(c1cccc([N+](=O)[O-])c1)N(Cc1ccc(Cl)cc1[N+](=O)[O-])N1C(=O)[C@@H]2[C@H]3CC[C@@H](C3)[C@@H]2C1=O. The highest BCUT2D eigenvalue weighted by molar-refractivity contribution is 6.30. The third kappa shape index (κ3) is 3.72. The maximum absolute atomic E-state index is 13.6. The Morgan fingerprint density at radius 2 is 1.66 bits per heavy atom. The van der Waals surface area contributed by atoms with Crippen LogP contribution in [0.15, 0.2) is 42.5 Å². The van der Waals surface area contributed by atoms with Gasteiger partial charge in [-0.1, -0.05) is 17.7 Å². The average molecular weight is 499 g/mol. The molecule has 1 aliphatic heterocycles. The first kappa shape index (κ1) is 22.9. The van der Waals surface area contributed by atoms with Crippen LogP contribution in [0.3, 0.4) is 0 Å². The minimum Gasteiger partial charge on any atom is -0.272 e. The number of nitro benzene ring substituents is 2. The first-order chi connectivity index (χ1) is 16.7. The first-order valence-corrected chi connectivity index (χ1v) is 11.4. The molecule has 0 unspecified atom stereocenters. The lowest BCUT2D eigenvalue weighted by atomic mass is 9.81. The highest BCUT2D eigenvalue weighted by Gasteiger charge is 2.62. The van der Waals surface area contributed by atoms with Gasteiger partial charge in [-0.15, -0.1) is 0 Å². The van der Waals surface area contributed by atoms with E-state index >= 15 is 0 Å². The lowest BCUT2D eigenvalue weighted by Gasteiger charge is -2.31. The van der Waals surface area contributed by atoms with Gasteiger partial charge in [0.05, 0.1) is 33.8 Å². The maximum atomic E-state index is 13.6. The quantitative estimate of drug-likeness (QED) is 0.335. The van der Waals surface area contributed by atoms with Crippen LogP contribution in [-0.4, -0.2) is 37.6 Å². The zero-order valence-corrected chi connectivity index (χ0v) is 19.0. The van der Waals surface area contributed by atoms with Gasteiger partial charge in [-0.05, 0) is 49.3 Å². The van der Waals surface area contributed by atoms with E-state index in [4.69, 9.17) is 11.6 Å². The minimum atomic E-state index is -0.855. The molecular formula is C23H19ClN4O7. The summed E-state index contributed by atoms with van der Waals surface area (Å²) < 4.78 is 0. The summed E-state index contributed by atoms with van der Waals surface area (Å²) in [5.41, 5.74) is -0.800. The monoisotopic (exact) mass is 498 g/mol. The number of amides is 3. The number of carbonyl (C=O) groups is 3. The van der Waals surface area contributed by atoms with Crippen molar-refractivity contribution in [2.75, 3.05) is 0 Å². The number of non-ortho nitro benzene ring substituents is 1. The average Bonchev–Trinajstić information content (AvgIpc) is 3.52. The first-order valence-electron chi connectivity index (χ1n) is 11.0. The van der Waals surface area contributed by atoms with Crippen LogP contribution in [0.5, 0.6) is 0 Å². The summed E-state index contributed by atoms with van der Waals surface area (Å²) in [6.45, 7) is -0.471. The number of hydrazine groups is 1. The van der Waals surface area contributed by atoms with Gasteiger partial charge in [-0.3, -0.25) is 34.6 Å². The van der Waals surface area contributed by atoms with Crippen LogP contribution in [0.4, 0.5) is 11.4 Å². The number of rotatable bonds is 6. The van der Waals surface area contributed by atoms with Crippen LogP contribution in [0.25, 0.3) is 0 Å². The van der Waals surface area contributed by atoms with Gasteiger partial charge in [0.2, 0.25) is 0 Å². The van der Waals surface area contributed by atoms with Gasteiger partial charge in [0.1, 0.15) is 0 Å². The number of hydrogen-bond acceptors (Lipinski definition) is 7. The zero-order chi connectivity index (χ0) is 25.0. The van der Waals surface area contributed by atoms with E-state index in [1.807, 2.05) is 0 Å². The molecule has 1 heterocycles. The van der Waals surface area contributed by atoms with Crippen molar-refractivity contribution in [1.29, 1.82) is 0 Å². The molecule has 0 spiro atoms. The Morgan fingerprint density at radius 3 is 2.26 bits per heavy atom. The van der Waals surface area contributed by atoms with Gasteiger partial charge in [-0.25, -0.2) is 5.01 Å². The van der Waals surface area contributed by atoms with Gasteiger partial charge in [-0.2, -0.15) is 5.01 Å². The number of nitro groups is 2. The van der Waals surface area contributed by atoms with E-state index in [0.717, 1.165) is 41.4 Å². The third-order valence-electron chi connectivity index (χ3n) is 7.25. The standard InChI is InChI=1S/C23H19ClN4O7/c24-16-7-6-15(18(10-16)28(34)35)11-25(21(29)14-2-1-3-17(9-14)27(32)33)26-22(30)19-12-4-5-13(8-12)20(19)23(26)31/h1-3,6-7,9-10,12-13,19-20H,4-5,8,11H2/t12-,13-,19-,20+/m0/s1. The molecule has 0 aromatic heterocycles. The Hall–Kier alpha value is -3.86. The van der Waals surface area contributed by atoms with E-state index in [-0.39, 0.29) is 39.4 Å². The fourth-order valence-corrected chi connectivity index (χ4v) is 5.93. The molecule has 2 saturated carbocycles. The highest BCUT2D eigenvalue weighted by atomic mass is 35.5. The molecule has 11 nitrogen and oxygen atoms in total. The number of nitrogens with zero attached hydrogens (tertiary/aromatic N) is 4. The Labute approximate surface area is 203 Å². The molecule has 2 aliphatic carbocycles. The van der Waals surface area contributed by atoms with Crippen molar-refractivity contribution in [2.45, 2.75) is 25.8 Å². The van der Waals surface area contributed by atoms with Gasteiger partial charge in [0, 0.05) is 28.8 Å². The summed E-state index contributed by atoms with van der Waals surface area (Å²) in [6, 6.07) is 8.77. The number of carbonyl (C=O) groups excluding carboxylic acids is 3.